The molecular weight excluding hydrogens is 989 g/mol. The van der Waals surface area contributed by atoms with E-state index in [9.17, 15) is 53.7 Å². The number of ether oxygens (including phenoxy) is 5. The van der Waals surface area contributed by atoms with Gasteiger partial charge >= 0.3 is 18.0 Å². The maximum absolute atomic E-state index is 14.7. The molecule has 22 nitrogen and oxygen atoms in total. The second-order valence-electron chi connectivity index (χ2n) is 20.6. The molecule has 0 aliphatic carbocycles. The third kappa shape index (κ3) is 16.3. The van der Waals surface area contributed by atoms with E-state index >= 15 is 0 Å². The molecule has 2 fully saturated rings. The number of likely N-dealkylation sites (N-methyl/N-ethyl adjacent to an activating group) is 2. The highest BCUT2D eigenvalue weighted by atomic mass is 16.7. The number of rotatable bonds is 27. The number of hydrogen-bond acceptors (Lipinski definition) is 14. The second kappa shape index (κ2) is 28.7. The van der Waals surface area contributed by atoms with Gasteiger partial charge in [-0.1, -0.05) is 85.2 Å². The average molecular weight is 1070 g/mol. The van der Waals surface area contributed by atoms with Crippen molar-refractivity contribution in [3.8, 4) is 5.75 Å². The molecule has 0 saturated carbocycles. The molecule has 22 heteroatoms. The zero-order valence-corrected chi connectivity index (χ0v) is 45.6. The first kappa shape index (κ1) is 62.2. The molecule has 76 heavy (non-hydrogen) atoms. The molecule has 2 aliphatic rings. The van der Waals surface area contributed by atoms with Crippen LogP contribution in [0.1, 0.15) is 108 Å². The fourth-order valence-electron chi connectivity index (χ4n) is 10.1. The highest BCUT2D eigenvalue weighted by Crippen LogP contribution is 2.31. The van der Waals surface area contributed by atoms with Gasteiger partial charge in [-0.3, -0.25) is 28.9 Å². The number of hydrogen-bond donors (Lipinski definition) is 6. The Kier molecular flexibility index (Phi) is 23.5. The largest absolute Gasteiger partial charge is 0.480 e. The van der Waals surface area contributed by atoms with Gasteiger partial charge in [-0.05, 0) is 54.4 Å². The van der Waals surface area contributed by atoms with Crippen molar-refractivity contribution in [2.75, 3.05) is 34.9 Å². The predicted molar refractivity (Wildman–Crippen MR) is 276 cm³/mol. The van der Waals surface area contributed by atoms with Crippen molar-refractivity contribution in [2.24, 2.45) is 29.4 Å². The maximum Gasteiger partial charge on any atom is 0.410 e. The summed E-state index contributed by atoms with van der Waals surface area (Å²) in [4.78, 5) is 111. The van der Waals surface area contributed by atoms with Crippen molar-refractivity contribution >= 4 is 47.6 Å². The smallest absolute Gasteiger partial charge is 0.410 e. The third-order valence-electron chi connectivity index (χ3n) is 14.5. The molecule has 12 atom stereocenters. The van der Waals surface area contributed by atoms with Crippen LogP contribution in [0.5, 0.6) is 5.75 Å². The van der Waals surface area contributed by atoms with Crippen LogP contribution in [0.15, 0.2) is 48.5 Å². The van der Waals surface area contributed by atoms with E-state index in [-0.39, 0.29) is 54.4 Å². The molecule has 10 unspecified atom stereocenters. The molecule has 2 heterocycles. The number of carboxylic acids is 2. The summed E-state index contributed by atoms with van der Waals surface area (Å²) in [5, 5.41) is 35.3. The lowest BCUT2D eigenvalue weighted by atomic mass is 9.89. The van der Waals surface area contributed by atoms with Gasteiger partial charge in [-0.15, -0.1) is 0 Å². The summed E-state index contributed by atoms with van der Waals surface area (Å²) in [7, 11) is 5.88. The molecular formula is C54H80N6O16. The number of methoxy groups -OCH3 is 2. The van der Waals surface area contributed by atoms with Crippen LogP contribution < -0.4 is 21.1 Å². The second-order valence-corrected chi connectivity index (χ2v) is 20.6. The van der Waals surface area contributed by atoms with E-state index in [1.165, 1.54) is 44.4 Å². The number of carboxylic acid groups (broad SMARTS) is 2. The number of aliphatic hydroxyl groups is 1. The topological polar surface area (TPSA) is 303 Å². The number of amides is 6. The molecule has 2 saturated heterocycles. The fourth-order valence-corrected chi connectivity index (χ4v) is 10.1. The summed E-state index contributed by atoms with van der Waals surface area (Å²) in [5.74, 6) is -7.15. The first-order valence-electron chi connectivity index (χ1n) is 25.9. The molecule has 6 amide bonds. The van der Waals surface area contributed by atoms with Crippen molar-refractivity contribution in [2.45, 2.75) is 161 Å². The third-order valence-corrected chi connectivity index (χ3v) is 14.5. The fraction of sp³-hybridized carbons (Fsp3) is 0.630. The normalized spacial score (nSPS) is 20.7. The average Bonchev–Trinajstić information content (AvgIpc) is 3.86. The van der Waals surface area contributed by atoms with Crippen LogP contribution in [-0.4, -0.2) is 173 Å². The van der Waals surface area contributed by atoms with E-state index in [1.54, 1.807) is 70.8 Å². The maximum atomic E-state index is 14.7. The van der Waals surface area contributed by atoms with E-state index in [0.717, 1.165) is 10.5 Å². The van der Waals surface area contributed by atoms with E-state index in [2.05, 4.69) is 10.6 Å². The summed E-state index contributed by atoms with van der Waals surface area (Å²) >= 11 is 0. The summed E-state index contributed by atoms with van der Waals surface area (Å²) < 4.78 is 29.0. The first-order valence-corrected chi connectivity index (χ1v) is 25.9. The Labute approximate surface area is 445 Å². The standard InChI is InChI=1S/C54H80N6O16/c1-12-31(6)46(40(72-10)27-42(62)60-22-16-19-38(60)47(73-11)32(7)49(64)56-37(52(67)68)23-33-17-14-13-15-18-33)58(8)51(66)44(29(2)3)57-50(65)45(30(4)5)59(9)54(71)74-28-35-24-34(48(55)63)20-21-39(35)75-43-26-36(61)25-41(76-43)53(69)70/h13-15,17-18,20-21,24,29-32,36-38,40-41,43-47,61H,12,16,19,22-23,25-28H2,1-11H3,(H2,55,63)(H,56,64)(H,57,65)(H,67,68)(H,69,70)/t31?,32?,36?,37?,38?,40?,41?,43?,44-,45-,46?,47?/m0/s1. The predicted octanol–water partition coefficient (Wildman–Crippen LogP) is 3.58. The van der Waals surface area contributed by atoms with Crippen molar-refractivity contribution in [3.05, 3.63) is 65.2 Å². The summed E-state index contributed by atoms with van der Waals surface area (Å²) in [6.07, 6.45) is -4.64. The van der Waals surface area contributed by atoms with Gasteiger partial charge in [-0.2, -0.15) is 0 Å². The van der Waals surface area contributed by atoms with Gasteiger partial charge in [-0.25, -0.2) is 14.4 Å². The zero-order valence-electron chi connectivity index (χ0n) is 45.6. The quantitative estimate of drug-likeness (QED) is 0.0745. The number of nitrogens with one attached hydrogen (secondary N) is 2. The monoisotopic (exact) mass is 1070 g/mol. The number of nitrogens with zero attached hydrogens (tertiary/aromatic N) is 3. The van der Waals surface area contributed by atoms with Crippen molar-refractivity contribution in [3.63, 3.8) is 0 Å². The minimum Gasteiger partial charge on any atom is -0.480 e. The van der Waals surface area contributed by atoms with Crippen LogP contribution in [0.25, 0.3) is 0 Å². The van der Waals surface area contributed by atoms with Crippen LogP contribution >= 0.6 is 0 Å². The van der Waals surface area contributed by atoms with E-state index in [0.29, 0.717) is 25.8 Å². The van der Waals surface area contributed by atoms with Gasteiger partial charge < -0.3 is 65.2 Å². The van der Waals surface area contributed by atoms with Gasteiger partial charge in [0.05, 0.1) is 42.7 Å². The highest BCUT2D eigenvalue weighted by Gasteiger charge is 2.44. The molecule has 7 N–H and O–H groups in total. The number of carbonyl (C=O) groups is 8. The number of likely N-dealkylation sites (tertiary alicyclic amines) is 1. The minimum atomic E-state index is -1.34. The molecule has 2 aromatic rings. The molecule has 4 rings (SSSR count). The van der Waals surface area contributed by atoms with Gasteiger partial charge in [0, 0.05) is 65.2 Å². The molecule has 0 aromatic heterocycles. The van der Waals surface area contributed by atoms with Gasteiger partial charge in [0.2, 0.25) is 35.8 Å². The Morgan fingerprint density at radius 3 is 2.11 bits per heavy atom. The van der Waals surface area contributed by atoms with Gasteiger partial charge in [0.15, 0.2) is 6.10 Å². The van der Waals surface area contributed by atoms with E-state index < -0.39 is 127 Å². The van der Waals surface area contributed by atoms with Crippen molar-refractivity contribution < 1.29 is 77.4 Å². The number of benzene rings is 2. The molecule has 0 spiro atoms. The van der Waals surface area contributed by atoms with Crippen LogP contribution in [-0.2, 0) is 60.7 Å². The number of carbonyl (C=O) groups excluding carboxylic acids is 6. The van der Waals surface area contributed by atoms with Crippen LogP contribution in [0.4, 0.5) is 4.79 Å². The lowest BCUT2D eigenvalue weighted by Gasteiger charge is -2.41. The number of nitrogens with two attached hydrogens (primary N) is 1. The zero-order chi connectivity index (χ0) is 56.7. The lowest BCUT2D eigenvalue weighted by Crippen LogP contribution is -2.60. The summed E-state index contributed by atoms with van der Waals surface area (Å²) in [6, 6.07) is 8.37. The summed E-state index contributed by atoms with van der Waals surface area (Å²) in [6.45, 7) is 12.4. The Morgan fingerprint density at radius 2 is 1.54 bits per heavy atom. The van der Waals surface area contributed by atoms with Gasteiger partial charge in [0.1, 0.15) is 30.5 Å². The minimum absolute atomic E-state index is 0.0472. The number of aliphatic carboxylic acids is 2. The Balaban J connectivity index is 1.48. The molecule has 2 aliphatic heterocycles. The van der Waals surface area contributed by atoms with Crippen LogP contribution in [0.3, 0.4) is 0 Å². The highest BCUT2D eigenvalue weighted by molar-refractivity contribution is 5.93. The molecule has 0 bridgehead atoms. The van der Waals surface area contributed by atoms with Crippen molar-refractivity contribution in [1.29, 1.82) is 0 Å². The number of primary amides is 1. The Bertz CT molecular complexity index is 2320. The SMILES string of the molecule is CCC(C)C(C(CC(=O)N1CCCC1C(OC)C(C)C(=O)NC(Cc1ccccc1)C(=O)O)OC)N(C)C(=O)[C@@H](NC(=O)[C@H](C(C)C)N(C)C(=O)OCc1cc(C(N)=O)ccc1OC1CC(O)CC(C(=O)O)O1)C(C)C. The molecule has 422 valence electrons. The molecule has 0 radical (unpaired) electrons. The van der Waals surface area contributed by atoms with Crippen LogP contribution in [0, 0.1) is 23.7 Å². The van der Waals surface area contributed by atoms with Gasteiger partial charge in [0.25, 0.3) is 0 Å². The van der Waals surface area contributed by atoms with E-state index in [1.807, 2.05) is 19.9 Å². The Morgan fingerprint density at radius 1 is 0.868 bits per heavy atom. The van der Waals surface area contributed by atoms with Crippen molar-refractivity contribution in [1.82, 2.24) is 25.3 Å². The number of aliphatic hydroxyl groups excluding tert-OH is 1. The van der Waals surface area contributed by atoms with Crippen LogP contribution in [0.2, 0.25) is 0 Å². The Hall–Kier alpha value is -6.36. The molecule has 2 aromatic carbocycles. The lowest BCUT2D eigenvalue weighted by molar-refractivity contribution is -0.195. The summed E-state index contributed by atoms with van der Waals surface area (Å²) in [5.41, 5.74) is 6.47. The van der Waals surface area contributed by atoms with E-state index in [4.69, 9.17) is 29.4 Å². The first-order chi connectivity index (χ1) is 35.8.